The zero-order valence-electron chi connectivity index (χ0n) is 4.81. The van der Waals surface area contributed by atoms with Crippen LogP contribution in [0.4, 0.5) is 0 Å². The van der Waals surface area contributed by atoms with Gasteiger partial charge in [0.15, 0.2) is 0 Å². The van der Waals surface area contributed by atoms with E-state index < -0.39 is 0 Å². The van der Waals surface area contributed by atoms with Gasteiger partial charge in [-0.15, -0.1) is 0 Å². The number of nitrogens with one attached hydrogen (secondary N) is 4. The first kappa shape index (κ1) is 35.0. The molecule has 0 bridgehead atoms. The normalized spacial score (nSPS) is 2.67. The summed E-state index contributed by atoms with van der Waals surface area (Å²) in [6, 6.07) is 0. The molecular weight excluding hydrogens is 185 g/mol. The Labute approximate surface area is 65.1 Å². The standard InChI is InChI=1S/Ge.4H3N2/c;4*1-2/h;4*1H,2H2/q+4;4*-1. The second-order valence-electron chi connectivity index (χ2n) is 0. The third kappa shape index (κ3) is 6410. The van der Waals surface area contributed by atoms with Gasteiger partial charge >= 0.3 is 17.6 Å². The van der Waals surface area contributed by atoms with Gasteiger partial charge in [0.2, 0.25) is 0 Å². The van der Waals surface area contributed by atoms with E-state index in [1.165, 1.54) is 0 Å². The van der Waals surface area contributed by atoms with E-state index in [1.807, 2.05) is 0 Å². The summed E-state index contributed by atoms with van der Waals surface area (Å²) < 4.78 is 0. The molecule has 0 spiro atoms. The molecule has 0 aliphatic rings. The van der Waals surface area contributed by atoms with E-state index in [0.29, 0.717) is 0 Å². The summed E-state index contributed by atoms with van der Waals surface area (Å²) in [5.41, 5.74) is 0. The summed E-state index contributed by atoms with van der Waals surface area (Å²) in [6.07, 6.45) is 0. The van der Waals surface area contributed by atoms with Crippen molar-refractivity contribution in [3.05, 3.63) is 23.4 Å². The Morgan fingerprint density at radius 1 is 0.444 bits per heavy atom. The van der Waals surface area contributed by atoms with Crippen molar-refractivity contribution in [3.8, 4) is 0 Å². The number of rotatable bonds is 0. The second kappa shape index (κ2) is 8640. The van der Waals surface area contributed by atoms with Gasteiger partial charge in [-0.05, 0) is 0 Å². The van der Waals surface area contributed by atoms with E-state index in [9.17, 15) is 0 Å². The Bertz CT molecular complexity index is 4.53. The number of hydrogen-bond acceptors (Lipinski definition) is 4. The Hall–Kier alpha value is 0.223. The van der Waals surface area contributed by atoms with Gasteiger partial charge in [0.25, 0.3) is 0 Å². The summed E-state index contributed by atoms with van der Waals surface area (Å²) in [7, 11) is 0. The van der Waals surface area contributed by atoms with Crippen molar-refractivity contribution in [3.63, 3.8) is 0 Å². The van der Waals surface area contributed by atoms with Crippen molar-refractivity contribution in [2.45, 2.75) is 0 Å². The van der Waals surface area contributed by atoms with E-state index in [2.05, 4.69) is 23.4 Å². The molecule has 0 fully saturated rings. The van der Waals surface area contributed by atoms with E-state index >= 15 is 0 Å². The van der Waals surface area contributed by atoms with Crippen LogP contribution >= 0.6 is 0 Å². The molecule has 0 aliphatic heterocycles. The quantitative estimate of drug-likeness (QED) is 0.225. The maximum Gasteiger partial charge on any atom is 4.00 e. The van der Waals surface area contributed by atoms with Gasteiger partial charge in [-0.2, -0.15) is 0 Å². The Balaban J connectivity index is -0.00000000762. The molecular formula is H12GeN8. The van der Waals surface area contributed by atoms with Crippen LogP contribution in [0.3, 0.4) is 0 Å². The Kier molecular flexibility index (Phi) is 33600. The van der Waals surface area contributed by atoms with E-state index in [-0.39, 0.29) is 17.6 Å². The van der Waals surface area contributed by atoms with Gasteiger partial charge < -0.3 is 46.7 Å². The average Bonchev–Trinajstić information content (AvgIpc) is 2.03. The second-order valence-corrected chi connectivity index (χ2v) is 0. The number of hydrogen-bond donors (Lipinski definition) is 4. The number of nitrogens with two attached hydrogens (primary N) is 4. The molecule has 8 nitrogen and oxygen atoms in total. The van der Waals surface area contributed by atoms with Crippen LogP contribution in [0, 0.1) is 0 Å². The third-order valence-corrected chi connectivity index (χ3v) is 0. The monoisotopic (exact) mass is 198 g/mol. The first-order valence-electron chi connectivity index (χ1n) is 1.15. The van der Waals surface area contributed by atoms with Gasteiger partial charge in [0.05, 0.1) is 0 Å². The Morgan fingerprint density at radius 2 is 0.444 bits per heavy atom. The zero-order valence-corrected chi connectivity index (χ0v) is 6.91. The summed E-state index contributed by atoms with van der Waals surface area (Å²) in [4.78, 5) is 0. The molecule has 0 saturated heterocycles. The molecule has 0 aromatic heterocycles. The van der Waals surface area contributed by atoms with Crippen molar-refractivity contribution >= 4 is 17.6 Å². The maximum absolute atomic E-state index is 5.25. The minimum atomic E-state index is 0. The topological polar surface area (TPSA) is 199 Å². The van der Waals surface area contributed by atoms with Crippen LogP contribution < -0.4 is 23.4 Å². The minimum absolute atomic E-state index is 0. The molecule has 0 aromatic rings. The molecule has 0 aliphatic carbocycles. The smallest absolute Gasteiger partial charge is 0.615 e. The molecule has 0 saturated carbocycles. The zero-order chi connectivity index (χ0) is 8.00. The van der Waals surface area contributed by atoms with Gasteiger partial charge in [-0.25, -0.2) is 0 Å². The fraction of sp³-hybridized carbons (Fsp3) is 0. The molecule has 56 valence electrons. The SMILES string of the molecule is [Ge+4].[NH-]N.[NH-]N.[NH-]N.[NH-]N. The van der Waals surface area contributed by atoms with Crippen LogP contribution in [0.2, 0.25) is 0 Å². The molecule has 9 heteroatoms. The molecule has 0 unspecified atom stereocenters. The van der Waals surface area contributed by atoms with Crippen LogP contribution in [0.1, 0.15) is 0 Å². The molecule has 9 heavy (non-hydrogen) atoms. The fourth-order valence-electron chi connectivity index (χ4n) is 0. The summed E-state index contributed by atoms with van der Waals surface area (Å²) in [6.45, 7) is 0. The average molecular weight is 197 g/mol. The summed E-state index contributed by atoms with van der Waals surface area (Å²) in [5, 5.41) is 0. The van der Waals surface area contributed by atoms with Crippen molar-refractivity contribution < 1.29 is 0 Å². The third-order valence-electron chi connectivity index (χ3n) is 0. The molecule has 0 aromatic carbocycles. The van der Waals surface area contributed by atoms with Crippen LogP contribution in [0.15, 0.2) is 0 Å². The van der Waals surface area contributed by atoms with E-state index in [1.54, 1.807) is 0 Å². The molecule has 0 amide bonds. The maximum atomic E-state index is 5.25. The summed E-state index contributed by atoms with van der Waals surface area (Å²) in [5.74, 6) is 36.0. The van der Waals surface area contributed by atoms with E-state index in [4.69, 9.17) is 23.4 Å². The van der Waals surface area contributed by atoms with Crippen LogP contribution in [-0.4, -0.2) is 17.6 Å². The largest absolute Gasteiger partial charge is 4.00 e. The summed E-state index contributed by atoms with van der Waals surface area (Å²) >= 11 is 0. The van der Waals surface area contributed by atoms with Crippen LogP contribution in [-0.2, 0) is 0 Å². The van der Waals surface area contributed by atoms with Gasteiger partial charge in [0.1, 0.15) is 0 Å². The van der Waals surface area contributed by atoms with Crippen molar-refractivity contribution in [1.82, 2.24) is 0 Å². The fourth-order valence-corrected chi connectivity index (χ4v) is 0. The molecule has 12 N–H and O–H groups in total. The van der Waals surface area contributed by atoms with Crippen molar-refractivity contribution in [2.24, 2.45) is 23.4 Å². The first-order valence-corrected chi connectivity index (χ1v) is 1.15. The molecule has 0 atom stereocenters. The van der Waals surface area contributed by atoms with Crippen LogP contribution in [0.25, 0.3) is 23.4 Å². The first-order chi connectivity index (χ1) is 4.00. The predicted molar refractivity (Wildman–Crippen MR) is 39.8 cm³/mol. The van der Waals surface area contributed by atoms with Crippen LogP contribution in [0.5, 0.6) is 0 Å². The molecule has 0 rings (SSSR count). The minimum Gasteiger partial charge on any atom is -0.615 e. The predicted octanol–water partition coefficient (Wildman–Crippen LogP) is -0.732. The molecule has 0 heterocycles. The van der Waals surface area contributed by atoms with Crippen molar-refractivity contribution in [2.75, 3.05) is 0 Å². The van der Waals surface area contributed by atoms with Gasteiger partial charge in [-0.3, -0.25) is 0 Å². The Morgan fingerprint density at radius 3 is 0.444 bits per heavy atom. The van der Waals surface area contributed by atoms with Crippen molar-refractivity contribution in [1.29, 1.82) is 0 Å². The van der Waals surface area contributed by atoms with Gasteiger partial charge in [0, 0.05) is 0 Å². The molecule has 0 radical (unpaired) electrons. The van der Waals surface area contributed by atoms with Gasteiger partial charge in [-0.1, -0.05) is 0 Å². The van der Waals surface area contributed by atoms with E-state index in [0.717, 1.165) is 0 Å².